The molecule has 0 spiro atoms. The van der Waals surface area contributed by atoms with Crippen LogP contribution < -0.4 is 19.5 Å². The number of benzene rings is 2. The Morgan fingerprint density at radius 1 is 0.968 bits per heavy atom. The minimum absolute atomic E-state index is 0.235. The number of methoxy groups -OCH3 is 3. The average molecular weight is 421 g/mol. The molecule has 1 heterocycles. The summed E-state index contributed by atoms with van der Waals surface area (Å²) in [6, 6.07) is 9.26. The number of amides is 1. The van der Waals surface area contributed by atoms with E-state index in [0.29, 0.717) is 22.9 Å². The lowest BCUT2D eigenvalue weighted by Crippen LogP contribution is -2.09. The lowest BCUT2D eigenvalue weighted by Gasteiger charge is -2.12. The summed E-state index contributed by atoms with van der Waals surface area (Å²) in [4.78, 5) is 12.7. The summed E-state index contributed by atoms with van der Waals surface area (Å²) in [6.07, 6.45) is 5.91. The zero-order valence-corrected chi connectivity index (χ0v) is 18.3. The molecule has 0 unspecified atom stereocenters. The largest absolute Gasteiger partial charge is 0.496 e. The van der Waals surface area contributed by atoms with Gasteiger partial charge in [0.1, 0.15) is 17.1 Å². The summed E-state index contributed by atoms with van der Waals surface area (Å²) in [5.41, 5.74) is 4.44. The Labute approximate surface area is 181 Å². The summed E-state index contributed by atoms with van der Waals surface area (Å²) in [7, 11) is 4.76. The van der Waals surface area contributed by atoms with Crippen molar-refractivity contribution in [3.05, 3.63) is 53.3 Å². The Hall–Kier alpha value is -3.41. The van der Waals surface area contributed by atoms with Crippen LogP contribution in [0.15, 0.2) is 40.8 Å². The van der Waals surface area contributed by atoms with Crippen LogP contribution in [0.25, 0.3) is 16.5 Å². The van der Waals surface area contributed by atoms with Gasteiger partial charge in [0.25, 0.3) is 0 Å². The van der Waals surface area contributed by atoms with Gasteiger partial charge >= 0.3 is 0 Å². The molecule has 6 nitrogen and oxygen atoms in total. The molecule has 0 aliphatic heterocycles. The number of allylic oxidation sites excluding steroid dienone is 1. The Morgan fingerprint density at radius 3 is 2.45 bits per heavy atom. The fourth-order valence-corrected chi connectivity index (χ4v) is 4.13. The number of carbonyl (C=O) groups excluding carboxylic acids is 1. The van der Waals surface area contributed by atoms with E-state index in [2.05, 4.69) is 11.4 Å². The first kappa shape index (κ1) is 20.8. The van der Waals surface area contributed by atoms with Crippen LogP contribution in [-0.2, 0) is 17.6 Å². The van der Waals surface area contributed by atoms with E-state index >= 15 is 0 Å². The van der Waals surface area contributed by atoms with Gasteiger partial charge in [0.15, 0.2) is 11.5 Å². The number of ether oxygens (including phenoxy) is 3. The van der Waals surface area contributed by atoms with Gasteiger partial charge in [-0.1, -0.05) is 0 Å². The maximum atomic E-state index is 12.7. The SMILES string of the molecule is COc1ccc(NC(=O)/C=C(\C)c2cc3c4c(oc3cc2OC)CCCC4)cc1OC. The molecule has 6 heteroatoms. The molecule has 1 amide bonds. The van der Waals surface area contributed by atoms with Crippen LogP contribution in [0.5, 0.6) is 17.2 Å². The van der Waals surface area contributed by atoms with Gasteiger partial charge in [0.05, 0.1) is 21.3 Å². The highest BCUT2D eigenvalue weighted by atomic mass is 16.5. The number of hydrogen-bond donors (Lipinski definition) is 1. The molecule has 0 radical (unpaired) electrons. The second kappa shape index (κ2) is 8.76. The van der Waals surface area contributed by atoms with E-state index in [0.717, 1.165) is 47.1 Å². The van der Waals surface area contributed by atoms with Crippen LogP contribution in [0.1, 0.15) is 36.7 Å². The molecule has 0 saturated heterocycles. The van der Waals surface area contributed by atoms with Crippen molar-refractivity contribution in [2.75, 3.05) is 26.6 Å². The monoisotopic (exact) mass is 421 g/mol. The fourth-order valence-electron chi connectivity index (χ4n) is 4.13. The fraction of sp³-hybridized carbons (Fsp3) is 0.320. The van der Waals surface area contributed by atoms with E-state index < -0.39 is 0 Å². The highest BCUT2D eigenvalue weighted by Gasteiger charge is 2.20. The minimum atomic E-state index is -0.235. The molecule has 0 bridgehead atoms. The molecule has 0 saturated carbocycles. The summed E-state index contributed by atoms with van der Waals surface area (Å²) >= 11 is 0. The maximum absolute atomic E-state index is 12.7. The third kappa shape index (κ3) is 4.10. The standard InChI is InChI=1S/C25H27NO5/c1-15(11-25(27)26-16-9-10-21(28-2)24(12-16)30-4)18-13-19-17-7-5-6-8-20(17)31-23(19)14-22(18)29-3/h9-14H,5-8H2,1-4H3,(H,26,27)/b15-11+. The Kier molecular flexibility index (Phi) is 5.89. The summed E-state index contributed by atoms with van der Waals surface area (Å²) in [6.45, 7) is 1.91. The first-order valence-corrected chi connectivity index (χ1v) is 10.4. The van der Waals surface area contributed by atoms with E-state index in [1.165, 1.54) is 12.0 Å². The zero-order valence-electron chi connectivity index (χ0n) is 18.3. The van der Waals surface area contributed by atoms with Gasteiger partial charge in [-0.3, -0.25) is 4.79 Å². The predicted octanol–water partition coefficient (Wildman–Crippen LogP) is 5.38. The number of aryl methyl sites for hydroxylation is 2. The van der Waals surface area contributed by atoms with Crippen LogP contribution in [0.2, 0.25) is 0 Å². The van der Waals surface area contributed by atoms with Crippen molar-refractivity contribution in [2.45, 2.75) is 32.6 Å². The van der Waals surface area contributed by atoms with Crippen molar-refractivity contribution in [3.63, 3.8) is 0 Å². The average Bonchev–Trinajstić information content (AvgIpc) is 3.15. The molecule has 1 aliphatic carbocycles. The molecule has 0 atom stereocenters. The predicted molar refractivity (Wildman–Crippen MR) is 121 cm³/mol. The minimum Gasteiger partial charge on any atom is -0.496 e. The topological polar surface area (TPSA) is 69.9 Å². The Bertz CT molecular complexity index is 1160. The van der Waals surface area contributed by atoms with Gasteiger partial charge < -0.3 is 23.9 Å². The summed E-state index contributed by atoms with van der Waals surface area (Å²) < 4.78 is 22.2. The first-order valence-electron chi connectivity index (χ1n) is 10.4. The highest BCUT2D eigenvalue weighted by Crippen LogP contribution is 2.38. The van der Waals surface area contributed by atoms with Crippen molar-refractivity contribution in [3.8, 4) is 17.2 Å². The van der Waals surface area contributed by atoms with Gasteiger partial charge in [0, 0.05) is 46.8 Å². The molecule has 162 valence electrons. The van der Waals surface area contributed by atoms with Crippen LogP contribution >= 0.6 is 0 Å². The van der Waals surface area contributed by atoms with E-state index in [-0.39, 0.29) is 5.91 Å². The zero-order chi connectivity index (χ0) is 22.0. The summed E-state index contributed by atoms with van der Waals surface area (Å²) in [5.74, 6) is 2.69. The molecule has 3 aromatic rings. The first-order chi connectivity index (χ1) is 15.0. The number of rotatable bonds is 6. The van der Waals surface area contributed by atoms with Crippen LogP contribution in [0.4, 0.5) is 5.69 Å². The van der Waals surface area contributed by atoms with Crippen molar-refractivity contribution in [1.29, 1.82) is 0 Å². The molecule has 1 aliphatic rings. The van der Waals surface area contributed by atoms with Crippen molar-refractivity contribution in [2.24, 2.45) is 0 Å². The number of anilines is 1. The van der Waals surface area contributed by atoms with Gasteiger partial charge in [-0.05, 0) is 50.0 Å². The normalized spacial score (nSPS) is 13.6. The molecule has 1 aromatic heterocycles. The molecule has 0 fully saturated rings. The van der Waals surface area contributed by atoms with Crippen molar-refractivity contribution >= 4 is 28.1 Å². The number of fused-ring (bicyclic) bond motifs is 3. The second-order valence-corrected chi connectivity index (χ2v) is 7.65. The van der Waals surface area contributed by atoms with Gasteiger partial charge in [-0.2, -0.15) is 0 Å². The molecular formula is C25H27NO5. The van der Waals surface area contributed by atoms with Gasteiger partial charge in [-0.15, -0.1) is 0 Å². The quantitative estimate of drug-likeness (QED) is 0.541. The lowest BCUT2D eigenvalue weighted by molar-refractivity contribution is -0.111. The number of nitrogens with one attached hydrogen (secondary N) is 1. The van der Waals surface area contributed by atoms with E-state index in [1.54, 1.807) is 45.6 Å². The smallest absolute Gasteiger partial charge is 0.248 e. The third-order valence-corrected chi connectivity index (χ3v) is 5.70. The third-order valence-electron chi connectivity index (χ3n) is 5.70. The van der Waals surface area contributed by atoms with E-state index in [1.807, 2.05) is 13.0 Å². The van der Waals surface area contributed by atoms with Crippen LogP contribution in [-0.4, -0.2) is 27.2 Å². The van der Waals surface area contributed by atoms with E-state index in [9.17, 15) is 4.79 Å². The molecule has 1 N–H and O–H groups in total. The molecule has 31 heavy (non-hydrogen) atoms. The Balaban J connectivity index is 1.63. The van der Waals surface area contributed by atoms with Crippen molar-refractivity contribution in [1.82, 2.24) is 0 Å². The highest BCUT2D eigenvalue weighted by molar-refractivity contribution is 6.05. The van der Waals surface area contributed by atoms with Crippen LogP contribution in [0, 0.1) is 0 Å². The molecule has 2 aromatic carbocycles. The van der Waals surface area contributed by atoms with Crippen molar-refractivity contribution < 1.29 is 23.4 Å². The Morgan fingerprint density at radius 2 is 1.71 bits per heavy atom. The number of hydrogen-bond acceptors (Lipinski definition) is 5. The maximum Gasteiger partial charge on any atom is 0.248 e. The second-order valence-electron chi connectivity index (χ2n) is 7.65. The van der Waals surface area contributed by atoms with Gasteiger partial charge in [-0.25, -0.2) is 0 Å². The number of carbonyl (C=O) groups is 1. The van der Waals surface area contributed by atoms with Gasteiger partial charge in [0.2, 0.25) is 5.91 Å². The lowest BCUT2D eigenvalue weighted by atomic mass is 9.94. The van der Waals surface area contributed by atoms with Crippen LogP contribution in [0.3, 0.4) is 0 Å². The van der Waals surface area contributed by atoms with E-state index in [4.69, 9.17) is 18.6 Å². The summed E-state index contributed by atoms with van der Waals surface area (Å²) in [5, 5.41) is 3.99. The molecular weight excluding hydrogens is 394 g/mol. The number of furan rings is 1. The molecule has 4 rings (SSSR count).